The van der Waals surface area contributed by atoms with Gasteiger partial charge in [-0.25, -0.2) is 4.79 Å². The molecular formula is C18H23ClNO4-. The number of hydrogen-bond donors (Lipinski definition) is 0. The Hall–Kier alpha value is -1.75. The highest BCUT2D eigenvalue weighted by Crippen LogP contribution is 2.34. The molecule has 0 spiro atoms. The first-order valence-electron chi connectivity index (χ1n) is 8.05. The first kappa shape index (κ1) is 18.6. The second kappa shape index (κ2) is 7.01. The molecule has 6 heteroatoms. The fourth-order valence-electron chi connectivity index (χ4n) is 2.99. The van der Waals surface area contributed by atoms with Gasteiger partial charge in [0.05, 0.1) is 0 Å². The average molecular weight is 353 g/mol. The Morgan fingerprint density at radius 3 is 2.46 bits per heavy atom. The lowest BCUT2D eigenvalue weighted by atomic mass is 9.75. The summed E-state index contributed by atoms with van der Waals surface area (Å²) >= 11 is 5.88. The van der Waals surface area contributed by atoms with Crippen LogP contribution < -0.4 is 5.11 Å². The number of aliphatic carboxylic acids is 1. The lowest BCUT2D eigenvalue weighted by molar-refractivity contribution is -0.321. The van der Waals surface area contributed by atoms with Crippen LogP contribution in [0.15, 0.2) is 24.3 Å². The normalized spacial score (nSPS) is 21.4. The summed E-state index contributed by atoms with van der Waals surface area (Å²) in [6.45, 7) is 5.94. The van der Waals surface area contributed by atoms with E-state index < -0.39 is 23.1 Å². The van der Waals surface area contributed by atoms with Crippen molar-refractivity contribution in [2.24, 2.45) is 5.41 Å². The number of hydrogen-bond acceptors (Lipinski definition) is 4. The number of likely N-dealkylation sites (tertiary alicyclic amines) is 1. The summed E-state index contributed by atoms with van der Waals surface area (Å²) < 4.78 is 5.37. The van der Waals surface area contributed by atoms with Crippen LogP contribution in [0.5, 0.6) is 0 Å². The fraction of sp³-hybridized carbons (Fsp3) is 0.556. The van der Waals surface area contributed by atoms with Crippen molar-refractivity contribution < 1.29 is 19.4 Å². The average Bonchev–Trinajstić information content (AvgIpc) is 2.48. The van der Waals surface area contributed by atoms with Gasteiger partial charge in [0.1, 0.15) is 5.60 Å². The largest absolute Gasteiger partial charge is 0.549 e. The van der Waals surface area contributed by atoms with Crippen molar-refractivity contribution in [2.45, 2.75) is 45.6 Å². The molecule has 1 aliphatic rings. The molecule has 1 aromatic rings. The molecule has 0 aromatic heterocycles. The van der Waals surface area contributed by atoms with Crippen LogP contribution in [0.2, 0.25) is 5.02 Å². The van der Waals surface area contributed by atoms with Crippen molar-refractivity contribution in [3.63, 3.8) is 0 Å². The highest BCUT2D eigenvalue weighted by molar-refractivity contribution is 6.30. The molecule has 1 unspecified atom stereocenters. The molecular weight excluding hydrogens is 330 g/mol. The smallest absolute Gasteiger partial charge is 0.410 e. The highest BCUT2D eigenvalue weighted by Gasteiger charge is 2.39. The number of carboxylic acid groups (broad SMARTS) is 1. The van der Waals surface area contributed by atoms with E-state index in [1.807, 2.05) is 0 Å². The van der Waals surface area contributed by atoms with Crippen molar-refractivity contribution in [3.05, 3.63) is 34.9 Å². The van der Waals surface area contributed by atoms with Crippen molar-refractivity contribution in [2.75, 3.05) is 13.1 Å². The molecule has 1 fully saturated rings. The Kier molecular flexibility index (Phi) is 5.43. The number of benzene rings is 1. The zero-order valence-electron chi connectivity index (χ0n) is 14.3. The lowest BCUT2D eigenvalue weighted by Crippen LogP contribution is -2.56. The van der Waals surface area contributed by atoms with Crippen molar-refractivity contribution in [1.82, 2.24) is 4.90 Å². The molecule has 0 radical (unpaired) electrons. The van der Waals surface area contributed by atoms with E-state index in [2.05, 4.69) is 0 Å². The molecule has 24 heavy (non-hydrogen) atoms. The van der Waals surface area contributed by atoms with E-state index in [0.29, 0.717) is 30.8 Å². The molecule has 1 aromatic carbocycles. The number of piperidine rings is 1. The molecule has 1 amide bonds. The van der Waals surface area contributed by atoms with Gasteiger partial charge in [-0.3, -0.25) is 0 Å². The van der Waals surface area contributed by atoms with Gasteiger partial charge < -0.3 is 19.5 Å². The van der Waals surface area contributed by atoms with Crippen LogP contribution in [-0.2, 0) is 16.0 Å². The van der Waals surface area contributed by atoms with Gasteiger partial charge in [-0.2, -0.15) is 0 Å². The number of nitrogens with zero attached hydrogens (tertiary/aromatic N) is 1. The number of carboxylic acids is 1. The number of rotatable bonds is 3. The third kappa shape index (κ3) is 4.63. The first-order chi connectivity index (χ1) is 11.1. The van der Waals surface area contributed by atoms with Gasteiger partial charge >= 0.3 is 6.09 Å². The third-order valence-corrected chi connectivity index (χ3v) is 4.37. The third-order valence-electron chi connectivity index (χ3n) is 4.12. The minimum Gasteiger partial charge on any atom is -0.549 e. The topological polar surface area (TPSA) is 69.7 Å². The number of ether oxygens (including phenoxy) is 1. The van der Waals surface area contributed by atoms with E-state index in [4.69, 9.17) is 16.3 Å². The van der Waals surface area contributed by atoms with Gasteiger partial charge in [-0.1, -0.05) is 23.7 Å². The minimum atomic E-state index is -1.13. The van der Waals surface area contributed by atoms with E-state index in [-0.39, 0.29) is 6.54 Å². The van der Waals surface area contributed by atoms with Gasteiger partial charge in [0.25, 0.3) is 0 Å². The number of amides is 1. The molecule has 0 N–H and O–H groups in total. The maximum absolute atomic E-state index is 12.3. The second-order valence-corrected chi connectivity index (χ2v) is 7.81. The molecule has 1 heterocycles. The van der Waals surface area contributed by atoms with Crippen molar-refractivity contribution >= 4 is 23.7 Å². The Bertz CT molecular complexity index is 608. The maximum Gasteiger partial charge on any atom is 0.410 e. The zero-order chi connectivity index (χ0) is 18.0. The highest BCUT2D eigenvalue weighted by atomic mass is 35.5. The molecule has 1 atom stereocenters. The molecule has 0 aliphatic carbocycles. The summed E-state index contributed by atoms with van der Waals surface area (Å²) in [6, 6.07) is 7.07. The van der Waals surface area contributed by atoms with Crippen LogP contribution in [0.25, 0.3) is 0 Å². The maximum atomic E-state index is 12.3. The van der Waals surface area contributed by atoms with Gasteiger partial charge in [0, 0.05) is 29.5 Å². The monoisotopic (exact) mass is 352 g/mol. The van der Waals surface area contributed by atoms with E-state index in [0.717, 1.165) is 5.56 Å². The van der Waals surface area contributed by atoms with Gasteiger partial charge in [-0.05, 0) is 57.7 Å². The molecule has 0 bridgehead atoms. The van der Waals surface area contributed by atoms with E-state index in [1.165, 1.54) is 4.90 Å². The molecule has 1 saturated heterocycles. The summed E-state index contributed by atoms with van der Waals surface area (Å²) in [5, 5.41) is 12.5. The Balaban J connectivity index is 2.18. The van der Waals surface area contributed by atoms with Crippen LogP contribution in [0.4, 0.5) is 4.79 Å². The SMILES string of the molecule is CC(C)(C)OC(=O)N1CCCC(Cc2ccc(Cl)cc2)(C(=O)[O-])C1. The van der Waals surface area contributed by atoms with Crippen LogP contribution in [0, 0.1) is 5.41 Å². The quantitative estimate of drug-likeness (QED) is 0.838. The summed E-state index contributed by atoms with van der Waals surface area (Å²) in [5.41, 5.74) is -0.868. The Morgan fingerprint density at radius 1 is 1.29 bits per heavy atom. The molecule has 5 nitrogen and oxygen atoms in total. The number of carbonyl (C=O) groups is 2. The van der Waals surface area contributed by atoms with Crippen LogP contribution in [-0.4, -0.2) is 35.7 Å². The number of halogens is 1. The summed E-state index contributed by atoms with van der Waals surface area (Å²) in [7, 11) is 0. The second-order valence-electron chi connectivity index (χ2n) is 7.38. The minimum absolute atomic E-state index is 0.0902. The van der Waals surface area contributed by atoms with Gasteiger partial charge in [0.15, 0.2) is 0 Å². The van der Waals surface area contributed by atoms with E-state index in [1.54, 1.807) is 45.0 Å². The predicted molar refractivity (Wildman–Crippen MR) is 89.6 cm³/mol. The number of carbonyl (C=O) groups excluding carboxylic acids is 2. The zero-order valence-corrected chi connectivity index (χ0v) is 15.1. The Morgan fingerprint density at radius 2 is 1.92 bits per heavy atom. The van der Waals surface area contributed by atoms with E-state index in [9.17, 15) is 14.7 Å². The summed E-state index contributed by atoms with van der Waals surface area (Å²) in [5.74, 6) is -1.13. The lowest BCUT2D eigenvalue weighted by Gasteiger charge is -2.43. The predicted octanol–water partition coefficient (Wildman–Crippen LogP) is 2.65. The van der Waals surface area contributed by atoms with Crippen molar-refractivity contribution in [1.29, 1.82) is 0 Å². The van der Waals surface area contributed by atoms with Crippen LogP contribution >= 0.6 is 11.6 Å². The van der Waals surface area contributed by atoms with Crippen molar-refractivity contribution in [3.8, 4) is 0 Å². The Labute approximate surface area is 147 Å². The summed E-state index contributed by atoms with van der Waals surface area (Å²) in [4.78, 5) is 25.7. The van der Waals surface area contributed by atoms with E-state index >= 15 is 0 Å². The molecule has 2 rings (SSSR count). The summed E-state index contributed by atoms with van der Waals surface area (Å²) in [6.07, 6.45) is 0.882. The molecule has 132 valence electrons. The van der Waals surface area contributed by atoms with Crippen LogP contribution in [0.1, 0.15) is 39.2 Å². The van der Waals surface area contributed by atoms with Crippen LogP contribution in [0.3, 0.4) is 0 Å². The first-order valence-corrected chi connectivity index (χ1v) is 8.43. The van der Waals surface area contributed by atoms with Gasteiger partial charge in [-0.15, -0.1) is 0 Å². The van der Waals surface area contributed by atoms with Gasteiger partial charge in [0.2, 0.25) is 0 Å². The standard InChI is InChI=1S/C18H24ClNO4/c1-17(2,3)24-16(23)20-10-4-9-18(12-20,15(21)22)11-13-5-7-14(19)8-6-13/h5-8H,4,9-12H2,1-3H3,(H,21,22)/p-1. The fourth-order valence-corrected chi connectivity index (χ4v) is 3.12. The molecule has 0 saturated carbocycles. The molecule has 1 aliphatic heterocycles.